The van der Waals surface area contributed by atoms with Gasteiger partial charge in [-0.2, -0.15) is 5.26 Å². The predicted octanol–water partition coefficient (Wildman–Crippen LogP) is 5.82. The maximum absolute atomic E-state index is 13.7. The molecule has 0 amide bonds. The topological polar surface area (TPSA) is 67.2 Å². The van der Waals surface area contributed by atoms with Gasteiger partial charge >= 0.3 is 5.97 Å². The van der Waals surface area contributed by atoms with E-state index in [-0.39, 0.29) is 40.7 Å². The number of carbonyl (C=O) groups is 2. The highest BCUT2D eigenvalue weighted by atomic mass is 16.5. The molecule has 4 saturated carbocycles. The average Bonchev–Trinajstić information content (AvgIpc) is 3.10. The number of ketones is 1. The van der Waals surface area contributed by atoms with Crippen molar-refractivity contribution in [3.8, 4) is 6.07 Å². The van der Waals surface area contributed by atoms with Gasteiger partial charge in [0.05, 0.1) is 17.6 Å². The van der Waals surface area contributed by atoms with Crippen LogP contribution in [0.2, 0.25) is 0 Å². The zero-order chi connectivity index (χ0) is 22.7. The molecule has 0 aromatic heterocycles. The van der Waals surface area contributed by atoms with E-state index in [4.69, 9.17) is 4.74 Å². The highest BCUT2D eigenvalue weighted by Crippen LogP contribution is 2.66. The molecule has 0 spiro atoms. The molecule has 4 fully saturated rings. The van der Waals surface area contributed by atoms with Gasteiger partial charge in [0.2, 0.25) is 0 Å². The number of rotatable bonds is 2. The van der Waals surface area contributed by atoms with Gasteiger partial charge in [-0.1, -0.05) is 39.0 Å². The number of carbonyl (C=O) groups excluding carboxylic acids is 2. The summed E-state index contributed by atoms with van der Waals surface area (Å²) in [6.07, 6.45) is 6.48. The molecule has 1 aromatic carbocycles. The van der Waals surface area contributed by atoms with Crippen LogP contribution in [0.3, 0.4) is 0 Å². The van der Waals surface area contributed by atoms with E-state index in [2.05, 4.69) is 26.8 Å². The van der Waals surface area contributed by atoms with Crippen molar-refractivity contribution >= 4 is 11.8 Å². The number of hydrogen-bond acceptors (Lipinski definition) is 4. The van der Waals surface area contributed by atoms with Gasteiger partial charge in [0.15, 0.2) is 0 Å². The Morgan fingerprint density at radius 2 is 1.84 bits per heavy atom. The van der Waals surface area contributed by atoms with Crippen LogP contribution >= 0.6 is 0 Å². The normalized spacial score (nSPS) is 45.2. The minimum absolute atomic E-state index is 0.0231. The number of ether oxygens (including phenoxy) is 1. The lowest BCUT2D eigenvalue weighted by atomic mass is 9.43. The Hall–Kier alpha value is -2.15. The molecule has 1 aromatic rings. The van der Waals surface area contributed by atoms with Crippen molar-refractivity contribution in [3.05, 3.63) is 35.9 Å². The first-order valence-corrected chi connectivity index (χ1v) is 12.5. The van der Waals surface area contributed by atoms with Crippen LogP contribution in [0.4, 0.5) is 0 Å². The third-order valence-electron chi connectivity index (χ3n) is 10.1. The van der Waals surface area contributed by atoms with Gasteiger partial charge in [0, 0.05) is 12.3 Å². The lowest BCUT2D eigenvalue weighted by Gasteiger charge is -2.60. The van der Waals surface area contributed by atoms with Crippen LogP contribution in [0.5, 0.6) is 0 Å². The third-order valence-corrected chi connectivity index (χ3v) is 10.1. The van der Waals surface area contributed by atoms with E-state index in [1.165, 1.54) is 0 Å². The predicted molar refractivity (Wildman–Crippen MR) is 121 cm³/mol. The Balaban J connectivity index is 1.36. The summed E-state index contributed by atoms with van der Waals surface area (Å²) in [5.41, 5.74) is 0.442. The van der Waals surface area contributed by atoms with E-state index in [1.807, 2.05) is 18.2 Å². The fourth-order valence-electron chi connectivity index (χ4n) is 8.55. The van der Waals surface area contributed by atoms with Crippen molar-refractivity contribution in [2.45, 2.75) is 71.8 Å². The van der Waals surface area contributed by atoms with Gasteiger partial charge in [-0.05, 0) is 85.2 Å². The number of hydrogen-bond donors (Lipinski definition) is 0. The fourth-order valence-corrected chi connectivity index (χ4v) is 8.55. The highest BCUT2D eigenvalue weighted by Gasteiger charge is 2.64. The largest absolute Gasteiger partial charge is 0.458 e. The maximum Gasteiger partial charge on any atom is 0.338 e. The van der Waals surface area contributed by atoms with Crippen LogP contribution in [0.1, 0.15) is 76.1 Å². The van der Waals surface area contributed by atoms with Crippen LogP contribution in [-0.4, -0.2) is 17.9 Å². The molecule has 32 heavy (non-hydrogen) atoms. The second-order valence-electron chi connectivity index (χ2n) is 11.7. The van der Waals surface area contributed by atoms with Gasteiger partial charge in [-0.15, -0.1) is 0 Å². The summed E-state index contributed by atoms with van der Waals surface area (Å²) >= 11 is 0. The molecule has 4 nitrogen and oxygen atoms in total. The second kappa shape index (κ2) is 7.72. The molecule has 0 bridgehead atoms. The number of nitriles is 1. The highest BCUT2D eigenvalue weighted by molar-refractivity contribution is 5.89. The molecule has 0 saturated heterocycles. The van der Waals surface area contributed by atoms with E-state index in [0.717, 1.165) is 38.5 Å². The molecule has 9 atom stereocenters. The molecule has 0 N–H and O–H groups in total. The Kier molecular flexibility index (Phi) is 5.23. The molecule has 0 unspecified atom stereocenters. The van der Waals surface area contributed by atoms with Crippen molar-refractivity contribution in [1.82, 2.24) is 0 Å². The SMILES string of the molecule is C[C@H]1C[C@@]2(C)[C@@H](CC[C@H]3[C@@H]4CC[C@H](C#N)[C@@]4(C)CC(=O)[C@@H]32)C[C@@H]1OC(=O)c1ccccc1. The Morgan fingerprint density at radius 1 is 1.09 bits per heavy atom. The van der Waals surface area contributed by atoms with E-state index in [0.29, 0.717) is 35.5 Å². The number of nitrogens with zero attached hydrogens (tertiary/aromatic N) is 1. The molecular weight excluding hydrogens is 398 g/mol. The molecule has 170 valence electrons. The van der Waals surface area contributed by atoms with Gasteiger partial charge in [0.25, 0.3) is 0 Å². The lowest BCUT2D eigenvalue weighted by molar-refractivity contribution is -0.165. The van der Waals surface area contributed by atoms with Gasteiger partial charge < -0.3 is 4.74 Å². The average molecular weight is 434 g/mol. The third kappa shape index (κ3) is 3.15. The van der Waals surface area contributed by atoms with E-state index in [1.54, 1.807) is 12.1 Å². The van der Waals surface area contributed by atoms with Crippen molar-refractivity contribution < 1.29 is 14.3 Å². The van der Waals surface area contributed by atoms with Crippen LogP contribution in [-0.2, 0) is 9.53 Å². The van der Waals surface area contributed by atoms with Crippen LogP contribution in [0, 0.1) is 57.7 Å². The molecular formula is C28H35NO3. The van der Waals surface area contributed by atoms with Crippen molar-refractivity contribution in [2.24, 2.45) is 46.3 Å². The zero-order valence-electron chi connectivity index (χ0n) is 19.5. The summed E-state index contributed by atoms with van der Waals surface area (Å²) in [5, 5.41) is 9.71. The minimum atomic E-state index is -0.238. The summed E-state index contributed by atoms with van der Waals surface area (Å²) in [6.45, 7) is 6.74. The van der Waals surface area contributed by atoms with E-state index >= 15 is 0 Å². The van der Waals surface area contributed by atoms with Crippen molar-refractivity contribution in [2.75, 3.05) is 0 Å². The Labute approximate surface area is 191 Å². The molecule has 5 rings (SSSR count). The van der Waals surface area contributed by atoms with Gasteiger partial charge in [0.1, 0.15) is 11.9 Å². The van der Waals surface area contributed by atoms with E-state index < -0.39 is 0 Å². The monoisotopic (exact) mass is 433 g/mol. The number of benzene rings is 1. The first kappa shape index (κ1) is 21.7. The number of esters is 1. The smallest absolute Gasteiger partial charge is 0.338 e. The van der Waals surface area contributed by atoms with E-state index in [9.17, 15) is 14.9 Å². The molecule has 4 aliphatic rings. The molecule has 4 aliphatic carbocycles. The number of Topliss-reactive ketones (excluding diaryl/α,β-unsaturated/α-hetero) is 1. The van der Waals surface area contributed by atoms with Gasteiger partial charge in [-0.25, -0.2) is 4.79 Å². The number of fused-ring (bicyclic) bond motifs is 5. The second-order valence-corrected chi connectivity index (χ2v) is 11.7. The summed E-state index contributed by atoms with van der Waals surface area (Å²) in [5.74, 6) is 1.84. The molecule has 4 heteroatoms. The minimum Gasteiger partial charge on any atom is -0.458 e. The Morgan fingerprint density at radius 3 is 2.56 bits per heavy atom. The molecule has 0 heterocycles. The summed E-state index contributed by atoms with van der Waals surface area (Å²) in [7, 11) is 0. The van der Waals surface area contributed by atoms with Crippen LogP contribution < -0.4 is 0 Å². The summed E-state index contributed by atoms with van der Waals surface area (Å²) < 4.78 is 6.00. The first-order valence-electron chi connectivity index (χ1n) is 12.5. The standard InChI is InChI=1S/C28H35NO3/c1-17-14-28(3)19(13-24(17)32-26(31)18-7-5-4-6-8-18)9-11-21-22-12-10-20(16-29)27(22,2)15-23(30)25(21)28/h4-8,17,19-22,24-25H,9-15H2,1-3H3/t17-,19-,20+,21-,22-,24-,25+,27+,28-/m0/s1. The lowest BCUT2D eigenvalue weighted by Crippen LogP contribution is -2.59. The maximum atomic E-state index is 13.7. The Bertz CT molecular complexity index is 951. The first-order chi connectivity index (χ1) is 15.3. The van der Waals surface area contributed by atoms with Crippen LogP contribution in [0.15, 0.2) is 30.3 Å². The van der Waals surface area contributed by atoms with Crippen LogP contribution in [0.25, 0.3) is 0 Å². The van der Waals surface area contributed by atoms with Gasteiger partial charge in [-0.3, -0.25) is 4.79 Å². The molecule has 0 aliphatic heterocycles. The van der Waals surface area contributed by atoms with Crippen molar-refractivity contribution in [3.63, 3.8) is 0 Å². The zero-order valence-corrected chi connectivity index (χ0v) is 19.5. The fraction of sp³-hybridized carbons (Fsp3) is 0.679. The summed E-state index contributed by atoms with van der Waals surface area (Å²) in [6, 6.07) is 11.8. The molecule has 0 radical (unpaired) electrons. The summed E-state index contributed by atoms with van der Waals surface area (Å²) in [4.78, 5) is 26.3. The van der Waals surface area contributed by atoms with Crippen molar-refractivity contribution in [1.29, 1.82) is 5.26 Å². The quantitative estimate of drug-likeness (QED) is 0.551.